The Balaban J connectivity index is 1.69. The number of aliphatic carboxylic acids is 1. The molecular weight excluding hydrogens is 358 g/mol. The van der Waals surface area contributed by atoms with Crippen LogP contribution in [0.15, 0.2) is 61.2 Å². The third-order valence-electron chi connectivity index (χ3n) is 4.82. The highest BCUT2D eigenvalue weighted by molar-refractivity contribution is 5.84. The Kier molecular flexibility index (Phi) is 5.80. The van der Waals surface area contributed by atoms with E-state index in [9.17, 15) is 14.7 Å². The van der Waals surface area contributed by atoms with Gasteiger partial charge in [-0.05, 0) is 29.2 Å². The lowest BCUT2D eigenvalue weighted by molar-refractivity contribution is -0.146. The van der Waals surface area contributed by atoms with Crippen molar-refractivity contribution in [2.24, 2.45) is 0 Å². The van der Waals surface area contributed by atoms with Gasteiger partial charge < -0.3 is 19.9 Å². The summed E-state index contributed by atoms with van der Waals surface area (Å²) in [6.07, 6.45) is 0.712. The van der Waals surface area contributed by atoms with Crippen LogP contribution < -0.4 is 5.32 Å². The molecule has 0 fully saturated rings. The van der Waals surface area contributed by atoms with Crippen LogP contribution in [0.3, 0.4) is 0 Å². The number of hydrogen-bond acceptors (Lipinski definition) is 4. The monoisotopic (exact) mass is 381 g/mol. The maximum Gasteiger partial charge on any atom is 0.408 e. The van der Waals surface area contributed by atoms with E-state index in [-0.39, 0.29) is 25.7 Å². The van der Waals surface area contributed by atoms with Crippen molar-refractivity contribution in [3.8, 4) is 11.1 Å². The van der Waals surface area contributed by atoms with E-state index in [1.54, 1.807) is 0 Å². The fraction of sp³-hybridized carbons (Fsp3) is 0.273. The van der Waals surface area contributed by atoms with Crippen LogP contribution >= 0.6 is 0 Å². The molecule has 2 aromatic carbocycles. The van der Waals surface area contributed by atoms with Crippen LogP contribution in [-0.4, -0.2) is 42.5 Å². The first-order valence-corrected chi connectivity index (χ1v) is 9.01. The minimum absolute atomic E-state index is 0.0914. The molecule has 0 saturated heterocycles. The largest absolute Gasteiger partial charge is 0.479 e. The van der Waals surface area contributed by atoms with Gasteiger partial charge in [-0.1, -0.05) is 54.6 Å². The summed E-state index contributed by atoms with van der Waals surface area (Å²) in [5, 5.41) is 11.8. The molecular formula is C22H23NO5. The Hall–Kier alpha value is -3.12. The standard InChI is InChI=1S/C22H23NO5/c1-3-12-27-14-22(2,20(24)25)23-21(26)28-13-19-17-10-6-4-8-15(17)16-9-5-7-11-18(16)19/h3-11,19H,1,12-14H2,2H3,(H,23,26)(H,24,25)/t22-/m0/s1. The first kappa shape index (κ1) is 19.6. The fourth-order valence-corrected chi connectivity index (χ4v) is 3.36. The lowest BCUT2D eigenvalue weighted by atomic mass is 9.98. The van der Waals surface area contributed by atoms with Crippen molar-refractivity contribution in [2.45, 2.75) is 18.4 Å². The minimum Gasteiger partial charge on any atom is -0.479 e. The molecule has 2 aromatic rings. The molecule has 0 unspecified atom stereocenters. The molecule has 146 valence electrons. The van der Waals surface area contributed by atoms with E-state index in [1.807, 2.05) is 48.5 Å². The van der Waals surface area contributed by atoms with E-state index >= 15 is 0 Å². The molecule has 0 radical (unpaired) electrons. The van der Waals surface area contributed by atoms with Crippen LogP contribution in [0.2, 0.25) is 0 Å². The number of carbonyl (C=O) groups excluding carboxylic acids is 1. The highest BCUT2D eigenvalue weighted by Crippen LogP contribution is 2.44. The summed E-state index contributed by atoms with van der Waals surface area (Å²) < 4.78 is 10.6. The first-order valence-electron chi connectivity index (χ1n) is 9.01. The topological polar surface area (TPSA) is 84.9 Å². The Labute approximate surface area is 163 Å². The Morgan fingerprint density at radius 3 is 2.25 bits per heavy atom. The van der Waals surface area contributed by atoms with Gasteiger partial charge in [-0.25, -0.2) is 9.59 Å². The molecule has 28 heavy (non-hydrogen) atoms. The minimum atomic E-state index is -1.59. The number of nitrogens with one attached hydrogen (secondary N) is 1. The first-order chi connectivity index (χ1) is 13.5. The number of carbonyl (C=O) groups is 2. The Morgan fingerprint density at radius 1 is 1.14 bits per heavy atom. The number of ether oxygens (including phenoxy) is 2. The van der Waals surface area contributed by atoms with Gasteiger partial charge in [0.15, 0.2) is 5.54 Å². The molecule has 1 aliphatic rings. The number of alkyl carbamates (subject to hydrolysis) is 1. The molecule has 6 nitrogen and oxygen atoms in total. The van der Waals surface area contributed by atoms with Crippen molar-refractivity contribution in [1.82, 2.24) is 5.32 Å². The molecule has 1 atom stereocenters. The Morgan fingerprint density at radius 2 is 1.71 bits per heavy atom. The van der Waals surface area contributed by atoms with Crippen molar-refractivity contribution < 1.29 is 24.2 Å². The third-order valence-corrected chi connectivity index (χ3v) is 4.82. The SMILES string of the molecule is C=CCOC[C@](C)(NC(=O)OCC1c2ccccc2-c2ccccc21)C(=O)O. The summed E-state index contributed by atoms with van der Waals surface area (Å²) in [7, 11) is 0. The zero-order chi connectivity index (χ0) is 20.1. The van der Waals surface area contributed by atoms with E-state index in [1.165, 1.54) is 13.0 Å². The van der Waals surface area contributed by atoms with Crippen LogP contribution in [-0.2, 0) is 14.3 Å². The number of carboxylic acid groups (broad SMARTS) is 1. The van der Waals surface area contributed by atoms with Crippen molar-refractivity contribution >= 4 is 12.1 Å². The van der Waals surface area contributed by atoms with Gasteiger partial charge in [0.1, 0.15) is 6.61 Å². The summed E-state index contributed by atoms with van der Waals surface area (Å²) in [5.41, 5.74) is 2.84. The molecule has 0 spiro atoms. The second-order valence-electron chi connectivity index (χ2n) is 6.89. The van der Waals surface area contributed by atoms with E-state index in [4.69, 9.17) is 9.47 Å². The fourth-order valence-electron chi connectivity index (χ4n) is 3.36. The second-order valence-corrected chi connectivity index (χ2v) is 6.89. The Bertz CT molecular complexity index is 849. The number of hydrogen-bond donors (Lipinski definition) is 2. The second kappa shape index (κ2) is 8.27. The number of amides is 1. The average Bonchev–Trinajstić information content (AvgIpc) is 3.00. The molecule has 2 N–H and O–H groups in total. The summed E-state index contributed by atoms with van der Waals surface area (Å²) in [4.78, 5) is 23.9. The van der Waals surface area contributed by atoms with Gasteiger partial charge in [-0.3, -0.25) is 0 Å². The quantitative estimate of drug-likeness (QED) is 0.539. The van der Waals surface area contributed by atoms with Gasteiger partial charge in [0.25, 0.3) is 0 Å². The van der Waals surface area contributed by atoms with Crippen LogP contribution in [0, 0.1) is 0 Å². The number of rotatable bonds is 8. The maximum absolute atomic E-state index is 12.3. The van der Waals surface area contributed by atoms with Gasteiger partial charge in [-0.15, -0.1) is 6.58 Å². The average molecular weight is 381 g/mol. The summed E-state index contributed by atoms with van der Waals surface area (Å²) >= 11 is 0. The van der Waals surface area contributed by atoms with Crippen molar-refractivity contribution in [3.05, 3.63) is 72.3 Å². The van der Waals surface area contributed by atoms with E-state index in [0.29, 0.717) is 0 Å². The summed E-state index contributed by atoms with van der Waals surface area (Å²) in [6, 6.07) is 16.0. The molecule has 0 heterocycles. The molecule has 0 aromatic heterocycles. The summed E-state index contributed by atoms with van der Waals surface area (Å²) in [5.74, 6) is -1.30. The number of benzene rings is 2. The molecule has 0 saturated carbocycles. The van der Waals surface area contributed by atoms with Gasteiger partial charge in [-0.2, -0.15) is 0 Å². The third kappa shape index (κ3) is 3.92. The van der Waals surface area contributed by atoms with Gasteiger partial charge in [0.05, 0.1) is 13.2 Å². The van der Waals surface area contributed by atoms with E-state index in [0.717, 1.165) is 22.3 Å². The summed E-state index contributed by atoms with van der Waals surface area (Å²) in [6.45, 7) is 4.99. The lowest BCUT2D eigenvalue weighted by Gasteiger charge is -2.25. The predicted molar refractivity (Wildman–Crippen MR) is 105 cm³/mol. The van der Waals surface area contributed by atoms with Crippen LogP contribution in [0.1, 0.15) is 24.0 Å². The smallest absolute Gasteiger partial charge is 0.408 e. The zero-order valence-electron chi connectivity index (χ0n) is 15.7. The highest BCUT2D eigenvalue weighted by atomic mass is 16.6. The molecule has 1 amide bonds. The number of fused-ring (bicyclic) bond motifs is 3. The number of carboxylic acids is 1. The molecule has 1 aliphatic carbocycles. The zero-order valence-corrected chi connectivity index (χ0v) is 15.7. The van der Waals surface area contributed by atoms with E-state index in [2.05, 4.69) is 11.9 Å². The molecule has 0 bridgehead atoms. The van der Waals surface area contributed by atoms with Crippen molar-refractivity contribution in [3.63, 3.8) is 0 Å². The normalized spacial score (nSPS) is 14.5. The predicted octanol–water partition coefficient (Wildman–Crippen LogP) is 3.57. The molecule has 6 heteroatoms. The van der Waals surface area contributed by atoms with Crippen LogP contribution in [0.5, 0.6) is 0 Å². The van der Waals surface area contributed by atoms with Gasteiger partial charge >= 0.3 is 12.1 Å². The van der Waals surface area contributed by atoms with Crippen molar-refractivity contribution in [1.29, 1.82) is 0 Å². The maximum atomic E-state index is 12.3. The van der Waals surface area contributed by atoms with Crippen molar-refractivity contribution in [2.75, 3.05) is 19.8 Å². The van der Waals surface area contributed by atoms with Gasteiger partial charge in [0, 0.05) is 5.92 Å². The molecule has 0 aliphatic heterocycles. The lowest BCUT2D eigenvalue weighted by Crippen LogP contribution is -2.55. The van der Waals surface area contributed by atoms with Crippen LogP contribution in [0.25, 0.3) is 11.1 Å². The molecule has 3 rings (SSSR count). The highest BCUT2D eigenvalue weighted by Gasteiger charge is 2.36. The van der Waals surface area contributed by atoms with Gasteiger partial charge in [0.2, 0.25) is 0 Å². The van der Waals surface area contributed by atoms with E-state index < -0.39 is 17.6 Å². The van der Waals surface area contributed by atoms with Crippen LogP contribution in [0.4, 0.5) is 4.79 Å².